The predicted octanol–water partition coefficient (Wildman–Crippen LogP) is 3.24. The molecular weight excluding hydrogens is 409 g/mol. The van der Waals surface area contributed by atoms with Gasteiger partial charge < -0.3 is 10.6 Å². The first-order chi connectivity index (χ1) is 14.3. The minimum atomic E-state index is -3.89. The maximum Gasteiger partial charge on any atom is 0.261 e. The fourth-order valence-electron chi connectivity index (χ4n) is 2.64. The number of nitrogens with one attached hydrogen (secondary N) is 3. The van der Waals surface area contributed by atoms with Crippen LogP contribution >= 0.6 is 0 Å². The van der Waals surface area contributed by atoms with Gasteiger partial charge in [0.25, 0.3) is 21.8 Å². The first-order valence-corrected chi connectivity index (χ1v) is 10.3. The van der Waals surface area contributed by atoms with Crippen LogP contribution in [0.4, 0.5) is 15.8 Å². The van der Waals surface area contributed by atoms with Gasteiger partial charge in [-0.15, -0.1) is 0 Å². The lowest BCUT2D eigenvalue weighted by Crippen LogP contribution is -2.21. The molecule has 3 rings (SSSR count). The summed E-state index contributed by atoms with van der Waals surface area (Å²) in [5.41, 5.74) is 1.17. The van der Waals surface area contributed by atoms with Gasteiger partial charge in [-0.3, -0.25) is 14.3 Å². The number of amides is 2. The fourth-order valence-corrected chi connectivity index (χ4v) is 3.70. The summed E-state index contributed by atoms with van der Waals surface area (Å²) in [7, 11) is -2.40. The highest BCUT2D eigenvalue weighted by Crippen LogP contribution is 2.19. The number of carbonyl (C=O) groups is 2. The van der Waals surface area contributed by atoms with Crippen molar-refractivity contribution in [1.82, 2.24) is 5.32 Å². The van der Waals surface area contributed by atoms with Crippen molar-refractivity contribution in [2.75, 3.05) is 17.1 Å². The van der Waals surface area contributed by atoms with Crippen molar-refractivity contribution in [3.63, 3.8) is 0 Å². The molecule has 0 saturated heterocycles. The number of halogens is 1. The number of anilines is 2. The van der Waals surface area contributed by atoms with Crippen molar-refractivity contribution in [2.24, 2.45) is 0 Å². The molecule has 154 valence electrons. The van der Waals surface area contributed by atoms with Gasteiger partial charge in [0.2, 0.25) is 0 Å². The van der Waals surface area contributed by atoms with Gasteiger partial charge in [0, 0.05) is 18.3 Å². The first-order valence-electron chi connectivity index (χ1n) is 8.81. The summed E-state index contributed by atoms with van der Waals surface area (Å²) in [6, 6.07) is 16.7. The van der Waals surface area contributed by atoms with E-state index in [9.17, 15) is 22.4 Å². The summed E-state index contributed by atoms with van der Waals surface area (Å²) in [6.45, 7) is 0. The van der Waals surface area contributed by atoms with Gasteiger partial charge in [-0.05, 0) is 60.7 Å². The van der Waals surface area contributed by atoms with Crippen LogP contribution in [0.2, 0.25) is 0 Å². The lowest BCUT2D eigenvalue weighted by atomic mass is 10.1. The molecule has 7 nitrogen and oxygen atoms in total. The standard InChI is InChI=1S/C21H18FN3O4S/c1-23-21(27)18-4-2-3-5-19(18)24-20(26)14-6-10-16(11-7-14)25-30(28,29)17-12-8-15(22)9-13-17/h2-13,25H,1H3,(H,23,27)(H,24,26). The third-order valence-electron chi connectivity index (χ3n) is 4.17. The maximum atomic E-state index is 13.0. The molecule has 2 amide bonds. The normalized spacial score (nSPS) is 10.9. The molecule has 0 fully saturated rings. The highest BCUT2D eigenvalue weighted by Gasteiger charge is 2.16. The number of para-hydroxylation sites is 1. The van der Waals surface area contributed by atoms with Crippen molar-refractivity contribution in [3.05, 3.63) is 89.7 Å². The SMILES string of the molecule is CNC(=O)c1ccccc1NC(=O)c1ccc(NS(=O)(=O)c2ccc(F)cc2)cc1. The molecule has 0 radical (unpaired) electrons. The molecule has 0 atom stereocenters. The Labute approximate surface area is 173 Å². The number of carbonyl (C=O) groups excluding carboxylic acids is 2. The van der Waals surface area contributed by atoms with Crippen LogP contribution in [0.25, 0.3) is 0 Å². The summed E-state index contributed by atoms with van der Waals surface area (Å²) in [6.07, 6.45) is 0. The van der Waals surface area contributed by atoms with E-state index in [4.69, 9.17) is 0 Å². The van der Waals surface area contributed by atoms with Crippen molar-refractivity contribution in [1.29, 1.82) is 0 Å². The second-order valence-corrected chi connectivity index (χ2v) is 7.90. The second-order valence-electron chi connectivity index (χ2n) is 6.22. The quantitative estimate of drug-likeness (QED) is 0.562. The molecular formula is C21H18FN3O4S. The number of hydrogen-bond donors (Lipinski definition) is 3. The number of benzene rings is 3. The Morgan fingerprint density at radius 3 is 2.10 bits per heavy atom. The van der Waals surface area contributed by atoms with E-state index in [-0.39, 0.29) is 22.1 Å². The van der Waals surface area contributed by atoms with Gasteiger partial charge in [0.15, 0.2) is 0 Å². The average molecular weight is 427 g/mol. The zero-order valence-electron chi connectivity index (χ0n) is 15.8. The highest BCUT2D eigenvalue weighted by atomic mass is 32.2. The van der Waals surface area contributed by atoms with Gasteiger partial charge in [0.1, 0.15) is 5.82 Å². The highest BCUT2D eigenvalue weighted by molar-refractivity contribution is 7.92. The molecule has 0 aliphatic rings. The average Bonchev–Trinajstić information content (AvgIpc) is 2.74. The zero-order chi connectivity index (χ0) is 21.7. The Bertz CT molecular complexity index is 1180. The van der Waals surface area contributed by atoms with Crippen molar-refractivity contribution in [3.8, 4) is 0 Å². The van der Waals surface area contributed by atoms with E-state index < -0.39 is 21.7 Å². The van der Waals surface area contributed by atoms with E-state index in [1.165, 1.54) is 31.3 Å². The molecule has 0 bridgehead atoms. The van der Waals surface area contributed by atoms with Crippen molar-refractivity contribution >= 4 is 33.2 Å². The monoisotopic (exact) mass is 427 g/mol. The molecule has 0 aliphatic carbocycles. The fraction of sp³-hybridized carbons (Fsp3) is 0.0476. The van der Waals surface area contributed by atoms with Crippen LogP contribution in [0.1, 0.15) is 20.7 Å². The molecule has 30 heavy (non-hydrogen) atoms. The van der Waals surface area contributed by atoms with Crippen LogP contribution < -0.4 is 15.4 Å². The third kappa shape index (κ3) is 4.81. The molecule has 0 heterocycles. The molecule has 3 aromatic carbocycles. The van der Waals surface area contributed by atoms with Crippen molar-refractivity contribution in [2.45, 2.75) is 4.90 Å². The summed E-state index contributed by atoms with van der Waals surface area (Å²) >= 11 is 0. The van der Waals surface area contributed by atoms with E-state index in [1.54, 1.807) is 24.3 Å². The Morgan fingerprint density at radius 1 is 0.833 bits per heavy atom. The first kappa shape index (κ1) is 21.0. The number of sulfonamides is 1. The summed E-state index contributed by atoms with van der Waals surface area (Å²) in [5, 5.41) is 5.17. The zero-order valence-corrected chi connectivity index (χ0v) is 16.7. The molecule has 3 aromatic rings. The van der Waals surface area contributed by atoms with Gasteiger partial charge >= 0.3 is 0 Å². The van der Waals surface area contributed by atoms with Gasteiger partial charge in [-0.25, -0.2) is 12.8 Å². The Hall–Kier alpha value is -3.72. The lowest BCUT2D eigenvalue weighted by molar-refractivity contribution is 0.0964. The summed E-state index contributed by atoms with van der Waals surface area (Å²) < 4.78 is 40.1. The van der Waals surface area contributed by atoms with Crippen LogP contribution in [0.15, 0.2) is 77.7 Å². The minimum Gasteiger partial charge on any atom is -0.355 e. The van der Waals surface area contributed by atoms with Crippen molar-refractivity contribution < 1.29 is 22.4 Å². The van der Waals surface area contributed by atoms with Gasteiger partial charge in [-0.1, -0.05) is 12.1 Å². The van der Waals surface area contributed by atoms with Crippen LogP contribution in [0.5, 0.6) is 0 Å². The molecule has 0 saturated carbocycles. The molecule has 3 N–H and O–H groups in total. The van der Waals surface area contributed by atoms with E-state index in [0.717, 1.165) is 24.3 Å². The van der Waals surface area contributed by atoms with Gasteiger partial charge in [-0.2, -0.15) is 0 Å². The van der Waals surface area contributed by atoms with Gasteiger partial charge in [0.05, 0.1) is 16.1 Å². The summed E-state index contributed by atoms with van der Waals surface area (Å²) in [4.78, 5) is 24.3. The topological polar surface area (TPSA) is 104 Å². The largest absolute Gasteiger partial charge is 0.355 e. The molecule has 0 aliphatic heterocycles. The van der Waals surface area contributed by atoms with E-state index in [1.807, 2.05) is 0 Å². The maximum absolute atomic E-state index is 13.0. The third-order valence-corrected chi connectivity index (χ3v) is 5.57. The van der Waals surface area contributed by atoms with Crippen LogP contribution in [0.3, 0.4) is 0 Å². The van der Waals surface area contributed by atoms with E-state index >= 15 is 0 Å². The molecule has 0 unspecified atom stereocenters. The Balaban J connectivity index is 1.74. The van der Waals surface area contributed by atoms with Crippen LogP contribution in [-0.4, -0.2) is 27.3 Å². The molecule has 9 heteroatoms. The number of hydrogen-bond acceptors (Lipinski definition) is 4. The minimum absolute atomic E-state index is 0.0865. The predicted molar refractivity (Wildman–Crippen MR) is 111 cm³/mol. The lowest BCUT2D eigenvalue weighted by Gasteiger charge is -2.11. The van der Waals surface area contributed by atoms with Crippen LogP contribution in [0, 0.1) is 5.82 Å². The van der Waals surface area contributed by atoms with E-state index in [0.29, 0.717) is 11.3 Å². The van der Waals surface area contributed by atoms with Crippen LogP contribution in [-0.2, 0) is 10.0 Å². The number of rotatable bonds is 6. The Morgan fingerprint density at radius 2 is 1.47 bits per heavy atom. The molecule has 0 spiro atoms. The molecule has 0 aromatic heterocycles. The smallest absolute Gasteiger partial charge is 0.261 e. The van der Waals surface area contributed by atoms with E-state index in [2.05, 4.69) is 15.4 Å². The second kappa shape index (κ2) is 8.75. The summed E-state index contributed by atoms with van der Waals surface area (Å²) in [5.74, 6) is -1.34. The Kier molecular flexibility index (Phi) is 6.12.